The third-order valence-electron chi connectivity index (χ3n) is 7.71. The predicted octanol–water partition coefficient (Wildman–Crippen LogP) is 4.04. The van der Waals surface area contributed by atoms with Crippen LogP contribution in [-0.4, -0.2) is 30.1 Å². The van der Waals surface area contributed by atoms with Crippen LogP contribution in [0.2, 0.25) is 0 Å². The van der Waals surface area contributed by atoms with E-state index in [2.05, 4.69) is 25.7 Å². The number of nitrogens with two attached hydrogens (primary N) is 1. The Kier molecular flexibility index (Phi) is 4.40. The lowest BCUT2D eigenvalue weighted by atomic mass is 9.65. The van der Waals surface area contributed by atoms with Gasteiger partial charge < -0.3 is 5.73 Å². The molecule has 2 N–H and O–H groups in total. The van der Waals surface area contributed by atoms with Crippen molar-refractivity contribution in [3.8, 4) is 0 Å². The van der Waals surface area contributed by atoms with Crippen molar-refractivity contribution >= 4 is 0 Å². The summed E-state index contributed by atoms with van der Waals surface area (Å²) in [6, 6.07) is 0. The second-order valence-electron chi connectivity index (χ2n) is 8.90. The van der Waals surface area contributed by atoms with E-state index in [0.29, 0.717) is 11.0 Å². The summed E-state index contributed by atoms with van der Waals surface area (Å²) >= 11 is 0. The average Bonchev–Trinajstić information content (AvgIpc) is 3.09. The normalized spacial score (nSPS) is 41.4. The first-order valence-corrected chi connectivity index (χ1v) is 9.46. The van der Waals surface area contributed by atoms with Gasteiger partial charge in [0.15, 0.2) is 0 Å². The first kappa shape index (κ1) is 15.8. The molecular weight excluding hydrogens is 256 g/mol. The number of hydrogen-bond acceptors (Lipinski definition) is 2. The molecule has 3 rings (SSSR count). The van der Waals surface area contributed by atoms with Gasteiger partial charge in [-0.15, -0.1) is 0 Å². The van der Waals surface area contributed by atoms with Crippen molar-refractivity contribution in [2.24, 2.45) is 28.9 Å². The lowest BCUT2D eigenvalue weighted by molar-refractivity contribution is 0.0261. The minimum atomic E-state index is 0.352. The molecule has 0 aromatic rings. The largest absolute Gasteiger partial charge is 0.329 e. The molecular formula is C19H36N2. The fourth-order valence-electron chi connectivity index (χ4n) is 5.50. The third kappa shape index (κ3) is 2.79. The molecule has 3 fully saturated rings. The molecule has 2 aliphatic carbocycles. The maximum Gasteiger partial charge on any atom is 0.0332 e. The molecule has 1 heterocycles. The van der Waals surface area contributed by atoms with Gasteiger partial charge in [0.05, 0.1) is 0 Å². The van der Waals surface area contributed by atoms with Gasteiger partial charge in [-0.1, -0.05) is 33.6 Å². The summed E-state index contributed by atoms with van der Waals surface area (Å²) in [5.74, 6) is 2.90. The van der Waals surface area contributed by atoms with Crippen LogP contribution in [0.25, 0.3) is 0 Å². The highest BCUT2D eigenvalue weighted by Crippen LogP contribution is 2.48. The highest BCUT2D eigenvalue weighted by molar-refractivity contribution is 5.02. The zero-order chi connectivity index (χ0) is 15.1. The van der Waals surface area contributed by atoms with Crippen molar-refractivity contribution in [1.29, 1.82) is 0 Å². The molecule has 0 aromatic carbocycles. The Bertz CT molecular complexity index is 343. The minimum Gasteiger partial charge on any atom is -0.329 e. The Morgan fingerprint density at radius 1 is 1.05 bits per heavy atom. The molecule has 21 heavy (non-hydrogen) atoms. The molecule has 2 heteroatoms. The van der Waals surface area contributed by atoms with Gasteiger partial charge >= 0.3 is 0 Å². The van der Waals surface area contributed by atoms with E-state index in [-0.39, 0.29) is 0 Å². The van der Waals surface area contributed by atoms with Crippen LogP contribution in [0.4, 0.5) is 0 Å². The molecule has 0 amide bonds. The highest BCUT2D eigenvalue weighted by atomic mass is 15.2. The molecule has 2 atom stereocenters. The van der Waals surface area contributed by atoms with Crippen molar-refractivity contribution in [1.82, 2.24) is 4.90 Å². The quantitative estimate of drug-likeness (QED) is 0.847. The summed E-state index contributed by atoms with van der Waals surface area (Å²) in [4.78, 5) is 2.83. The minimum absolute atomic E-state index is 0.352. The van der Waals surface area contributed by atoms with E-state index in [1.807, 2.05) is 0 Å². The number of nitrogens with zero attached hydrogens (tertiary/aromatic N) is 1. The molecule has 1 aliphatic heterocycles. The number of likely N-dealkylation sites (tertiary alicyclic amines) is 1. The van der Waals surface area contributed by atoms with E-state index in [1.165, 1.54) is 64.5 Å². The van der Waals surface area contributed by atoms with E-state index in [9.17, 15) is 0 Å². The second kappa shape index (κ2) is 5.85. The average molecular weight is 293 g/mol. The Morgan fingerprint density at radius 2 is 1.62 bits per heavy atom. The Balaban J connectivity index is 1.64. The van der Waals surface area contributed by atoms with Crippen LogP contribution >= 0.6 is 0 Å². The van der Waals surface area contributed by atoms with E-state index >= 15 is 0 Å². The molecule has 2 unspecified atom stereocenters. The smallest absolute Gasteiger partial charge is 0.0332 e. The van der Waals surface area contributed by atoms with Gasteiger partial charge in [-0.2, -0.15) is 0 Å². The van der Waals surface area contributed by atoms with Crippen molar-refractivity contribution in [3.05, 3.63) is 0 Å². The lowest BCUT2D eigenvalue weighted by Crippen LogP contribution is -2.55. The third-order valence-corrected chi connectivity index (χ3v) is 7.71. The maximum atomic E-state index is 6.31. The molecule has 0 radical (unpaired) electrons. The number of rotatable bonds is 4. The van der Waals surface area contributed by atoms with Crippen molar-refractivity contribution < 1.29 is 0 Å². The van der Waals surface area contributed by atoms with Crippen molar-refractivity contribution in [2.75, 3.05) is 19.6 Å². The summed E-state index contributed by atoms with van der Waals surface area (Å²) in [6.45, 7) is 10.9. The lowest BCUT2D eigenvalue weighted by Gasteiger charge is -2.49. The summed E-state index contributed by atoms with van der Waals surface area (Å²) < 4.78 is 0. The SMILES string of the molecule is CCC(C)(C)C1CCC(CN)(N2CC3CCCC3C2)CC1. The zero-order valence-corrected chi connectivity index (χ0v) is 14.5. The van der Waals surface area contributed by atoms with Gasteiger partial charge in [0.1, 0.15) is 0 Å². The summed E-state index contributed by atoms with van der Waals surface area (Å²) in [5.41, 5.74) is 7.18. The van der Waals surface area contributed by atoms with E-state index in [1.54, 1.807) is 0 Å². The molecule has 0 spiro atoms. The van der Waals surface area contributed by atoms with Gasteiger partial charge in [0, 0.05) is 25.2 Å². The van der Waals surface area contributed by atoms with Crippen molar-refractivity contribution in [3.63, 3.8) is 0 Å². The summed E-state index contributed by atoms with van der Waals surface area (Å²) in [6.07, 6.45) is 11.2. The van der Waals surface area contributed by atoms with E-state index < -0.39 is 0 Å². The van der Waals surface area contributed by atoms with Crippen LogP contribution in [-0.2, 0) is 0 Å². The molecule has 2 saturated carbocycles. The topological polar surface area (TPSA) is 29.3 Å². The highest BCUT2D eigenvalue weighted by Gasteiger charge is 2.47. The summed E-state index contributed by atoms with van der Waals surface area (Å²) in [5, 5.41) is 0. The zero-order valence-electron chi connectivity index (χ0n) is 14.5. The van der Waals surface area contributed by atoms with Crippen LogP contribution in [0.1, 0.15) is 72.1 Å². The number of hydrogen-bond donors (Lipinski definition) is 1. The van der Waals surface area contributed by atoms with Gasteiger partial charge in [-0.25, -0.2) is 0 Å². The summed E-state index contributed by atoms with van der Waals surface area (Å²) in [7, 11) is 0. The first-order valence-electron chi connectivity index (χ1n) is 9.46. The standard InChI is InChI=1S/C19H36N2/c1-4-18(2,3)17-8-10-19(14-20,11-9-17)21-12-15-6-5-7-16(15)13-21/h15-17H,4-14,20H2,1-3H3. The molecule has 122 valence electrons. The predicted molar refractivity (Wildman–Crippen MR) is 90.2 cm³/mol. The molecule has 0 aromatic heterocycles. The van der Waals surface area contributed by atoms with Crippen LogP contribution in [0.3, 0.4) is 0 Å². The van der Waals surface area contributed by atoms with Crippen LogP contribution < -0.4 is 5.73 Å². The first-order chi connectivity index (χ1) is 10.0. The number of fused-ring (bicyclic) bond motifs is 1. The van der Waals surface area contributed by atoms with E-state index in [0.717, 1.165) is 24.3 Å². The Hall–Kier alpha value is -0.0800. The Labute approximate surface area is 131 Å². The van der Waals surface area contributed by atoms with Gasteiger partial charge in [-0.05, 0) is 61.7 Å². The molecule has 3 aliphatic rings. The fraction of sp³-hybridized carbons (Fsp3) is 1.00. The molecule has 0 bridgehead atoms. The van der Waals surface area contributed by atoms with Crippen LogP contribution in [0.5, 0.6) is 0 Å². The second-order valence-corrected chi connectivity index (χ2v) is 8.90. The van der Waals surface area contributed by atoms with Gasteiger partial charge in [-0.3, -0.25) is 4.90 Å². The fourth-order valence-corrected chi connectivity index (χ4v) is 5.50. The van der Waals surface area contributed by atoms with Crippen molar-refractivity contribution in [2.45, 2.75) is 77.7 Å². The van der Waals surface area contributed by atoms with Crippen LogP contribution in [0.15, 0.2) is 0 Å². The maximum absolute atomic E-state index is 6.31. The molecule has 2 nitrogen and oxygen atoms in total. The monoisotopic (exact) mass is 292 g/mol. The Morgan fingerprint density at radius 3 is 2.10 bits per heavy atom. The van der Waals surface area contributed by atoms with Gasteiger partial charge in [0.2, 0.25) is 0 Å². The van der Waals surface area contributed by atoms with Crippen LogP contribution in [0, 0.1) is 23.2 Å². The van der Waals surface area contributed by atoms with Gasteiger partial charge in [0.25, 0.3) is 0 Å². The molecule has 1 saturated heterocycles. The van der Waals surface area contributed by atoms with E-state index in [4.69, 9.17) is 5.73 Å².